The zero-order valence-corrected chi connectivity index (χ0v) is 12.8. The van der Waals surface area contributed by atoms with E-state index in [1.54, 1.807) is 0 Å². The number of rotatable bonds is 4. The van der Waals surface area contributed by atoms with Crippen molar-refractivity contribution in [3.8, 4) is 0 Å². The number of halogens is 3. The van der Waals surface area contributed by atoms with Gasteiger partial charge in [-0.2, -0.15) is 0 Å². The molecule has 1 amide bonds. The Morgan fingerprint density at radius 2 is 1.83 bits per heavy atom. The summed E-state index contributed by atoms with van der Waals surface area (Å²) in [5.41, 5.74) is 0.309. The van der Waals surface area contributed by atoms with Gasteiger partial charge in [0.2, 0.25) is 0 Å². The number of nitrogens with zero attached hydrogens (tertiary/aromatic N) is 1. The van der Waals surface area contributed by atoms with Crippen LogP contribution in [0.15, 0.2) is 30.5 Å². The molecule has 2 aromatic rings. The Morgan fingerprint density at radius 1 is 1.08 bits per heavy atom. The molecule has 1 aliphatic rings. The monoisotopic (exact) mass is 335 g/mol. The molecular formula is C17H16F3N3O. The highest BCUT2D eigenvalue weighted by Crippen LogP contribution is 2.24. The molecule has 1 saturated carbocycles. The molecule has 4 nitrogen and oxygen atoms in total. The standard InChI is InChI=1S/C17H16F3N3O/c18-12-5-6-13(16(20)15(12)19)22-11-7-8-21-14(9-11)17(24)23-10-3-1-2-4-10/h5-10H,1-4H2,(H,21,22)(H,23,24). The van der Waals surface area contributed by atoms with Gasteiger partial charge in [-0.05, 0) is 37.1 Å². The van der Waals surface area contributed by atoms with Gasteiger partial charge in [0.15, 0.2) is 17.5 Å². The molecule has 0 saturated heterocycles. The quantitative estimate of drug-likeness (QED) is 0.833. The van der Waals surface area contributed by atoms with Crippen LogP contribution < -0.4 is 10.6 Å². The Labute approximate surface area is 137 Å². The van der Waals surface area contributed by atoms with Crippen LogP contribution in [0, 0.1) is 17.5 Å². The first-order chi connectivity index (χ1) is 11.5. The molecule has 0 radical (unpaired) electrons. The fourth-order valence-electron chi connectivity index (χ4n) is 2.74. The van der Waals surface area contributed by atoms with Gasteiger partial charge < -0.3 is 10.6 Å². The van der Waals surface area contributed by atoms with Gasteiger partial charge >= 0.3 is 0 Å². The third kappa shape index (κ3) is 3.50. The van der Waals surface area contributed by atoms with Crippen LogP contribution >= 0.6 is 0 Å². The van der Waals surface area contributed by atoms with Crippen molar-refractivity contribution >= 4 is 17.3 Å². The van der Waals surface area contributed by atoms with Crippen LogP contribution in [0.5, 0.6) is 0 Å². The normalized spacial score (nSPS) is 14.6. The molecular weight excluding hydrogens is 319 g/mol. The van der Waals surface area contributed by atoms with E-state index < -0.39 is 17.5 Å². The number of amides is 1. The van der Waals surface area contributed by atoms with E-state index in [-0.39, 0.29) is 23.3 Å². The highest BCUT2D eigenvalue weighted by molar-refractivity contribution is 5.93. The molecule has 0 spiro atoms. The summed E-state index contributed by atoms with van der Waals surface area (Å²) in [6.45, 7) is 0. The van der Waals surface area contributed by atoms with Crippen LogP contribution in [0.2, 0.25) is 0 Å². The molecule has 1 aromatic carbocycles. The molecule has 0 aliphatic heterocycles. The summed E-state index contributed by atoms with van der Waals surface area (Å²) < 4.78 is 39.9. The smallest absolute Gasteiger partial charge is 0.270 e. The Balaban J connectivity index is 1.75. The zero-order chi connectivity index (χ0) is 17.1. The maximum atomic E-state index is 13.7. The topological polar surface area (TPSA) is 54.0 Å². The fraction of sp³-hybridized carbons (Fsp3) is 0.294. The predicted octanol–water partition coefficient (Wildman–Crippen LogP) is 3.91. The molecule has 0 atom stereocenters. The predicted molar refractivity (Wildman–Crippen MR) is 83.6 cm³/mol. The lowest BCUT2D eigenvalue weighted by molar-refractivity contribution is 0.0933. The first-order valence-electron chi connectivity index (χ1n) is 7.72. The average molecular weight is 335 g/mol. The van der Waals surface area contributed by atoms with Crippen LogP contribution in [0.3, 0.4) is 0 Å². The van der Waals surface area contributed by atoms with Gasteiger partial charge in [0.25, 0.3) is 5.91 Å². The second kappa shape index (κ2) is 6.90. The van der Waals surface area contributed by atoms with Crippen molar-refractivity contribution in [2.45, 2.75) is 31.7 Å². The first-order valence-corrected chi connectivity index (χ1v) is 7.72. The van der Waals surface area contributed by atoms with E-state index in [4.69, 9.17) is 0 Å². The number of hydrogen-bond acceptors (Lipinski definition) is 3. The van der Waals surface area contributed by atoms with Crippen molar-refractivity contribution in [1.29, 1.82) is 0 Å². The molecule has 1 heterocycles. The molecule has 1 aliphatic carbocycles. The summed E-state index contributed by atoms with van der Waals surface area (Å²) in [7, 11) is 0. The Kier molecular flexibility index (Phi) is 4.69. The largest absolute Gasteiger partial charge is 0.353 e. The van der Waals surface area contributed by atoms with Crippen molar-refractivity contribution in [3.05, 3.63) is 53.6 Å². The van der Waals surface area contributed by atoms with Gasteiger partial charge in [-0.3, -0.25) is 9.78 Å². The van der Waals surface area contributed by atoms with Crippen molar-refractivity contribution in [3.63, 3.8) is 0 Å². The van der Waals surface area contributed by atoms with E-state index in [0.717, 1.165) is 37.8 Å². The van der Waals surface area contributed by atoms with E-state index in [1.165, 1.54) is 18.3 Å². The number of hydrogen-bond donors (Lipinski definition) is 2. The average Bonchev–Trinajstić information content (AvgIpc) is 3.09. The molecule has 0 bridgehead atoms. The number of carbonyl (C=O) groups excluding carboxylic acids is 1. The van der Waals surface area contributed by atoms with E-state index in [1.807, 2.05) is 0 Å². The number of carbonyl (C=O) groups is 1. The van der Waals surface area contributed by atoms with Crippen LogP contribution in [0.4, 0.5) is 24.5 Å². The molecule has 2 N–H and O–H groups in total. The van der Waals surface area contributed by atoms with E-state index in [9.17, 15) is 18.0 Å². The maximum absolute atomic E-state index is 13.7. The minimum atomic E-state index is -1.55. The van der Waals surface area contributed by atoms with Crippen molar-refractivity contribution in [2.75, 3.05) is 5.32 Å². The van der Waals surface area contributed by atoms with Gasteiger partial charge in [0.1, 0.15) is 5.69 Å². The number of aromatic nitrogens is 1. The van der Waals surface area contributed by atoms with Crippen molar-refractivity contribution in [2.24, 2.45) is 0 Å². The summed E-state index contributed by atoms with van der Waals surface area (Å²) in [5, 5.41) is 5.53. The molecule has 24 heavy (non-hydrogen) atoms. The van der Waals surface area contributed by atoms with Gasteiger partial charge in [0.05, 0.1) is 5.69 Å². The van der Waals surface area contributed by atoms with Crippen molar-refractivity contribution in [1.82, 2.24) is 10.3 Å². The summed E-state index contributed by atoms with van der Waals surface area (Å²) in [4.78, 5) is 16.2. The lowest BCUT2D eigenvalue weighted by Crippen LogP contribution is -2.33. The fourth-order valence-corrected chi connectivity index (χ4v) is 2.74. The highest BCUT2D eigenvalue weighted by Gasteiger charge is 2.19. The third-order valence-corrected chi connectivity index (χ3v) is 4.00. The number of benzene rings is 1. The van der Waals surface area contributed by atoms with Gasteiger partial charge in [0, 0.05) is 17.9 Å². The first kappa shape index (κ1) is 16.3. The molecule has 1 fully saturated rings. The molecule has 126 valence electrons. The van der Waals surface area contributed by atoms with E-state index >= 15 is 0 Å². The van der Waals surface area contributed by atoms with E-state index in [2.05, 4.69) is 15.6 Å². The van der Waals surface area contributed by atoms with Crippen LogP contribution in [-0.4, -0.2) is 16.9 Å². The second-order valence-electron chi connectivity index (χ2n) is 5.73. The van der Waals surface area contributed by atoms with Gasteiger partial charge in [-0.25, -0.2) is 13.2 Å². The van der Waals surface area contributed by atoms with Crippen molar-refractivity contribution < 1.29 is 18.0 Å². The van der Waals surface area contributed by atoms with Gasteiger partial charge in [-0.15, -0.1) is 0 Å². The van der Waals surface area contributed by atoms with Gasteiger partial charge in [-0.1, -0.05) is 12.8 Å². The van der Waals surface area contributed by atoms with E-state index in [0.29, 0.717) is 5.69 Å². The number of anilines is 2. The zero-order valence-electron chi connectivity index (χ0n) is 12.8. The van der Waals surface area contributed by atoms with Crippen LogP contribution in [0.25, 0.3) is 0 Å². The number of pyridine rings is 1. The molecule has 0 unspecified atom stereocenters. The Hall–Kier alpha value is -2.57. The molecule has 7 heteroatoms. The maximum Gasteiger partial charge on any atom is 0.270 e. The SMILES string of the molecule is O=C(NC1CCCC1)c1cc(Nc2ccc(F)c(F)c2F)ccn1. The Bertz CT molecular complexity index is 761. The number of nitrogens with one attached hydrogen (secondary N) is 2. The Morgan fingerprint density at radius 3 is 2.58 bits per heavy atom. The summed E-state index contributed by atoms with van der Waals surface area (Å²) in [6.07, 6.45) is 5.47. The van der Waals surface area contributed by atoms with Crippen LogP contribution in [0.1, 0.15) is 36.2 Å². The highest BCUT2D eigenvalue weighted by atomic mass is 19.2. The summed E-state index contributed by atoms with van der Waals surface area (Å²) in [6, 6.07) is 5.01. The second-order valence-corrected chi connectivity index (χ2v) is 5.73. The minimum Gasteiger partial charge on any atom is -0.353 e. The third-order valence-electron chi connectivity index (χ3n) is 4.00. The summed E-state index contributed by atoms with van der Waals surface area (Å²) in [5.74, 6) is -4.43. The lowest BCUT2D eigenvalue weighted by atomic mass is 10.2. The molecule has 3 rings (SSSR count). The lowest BCUT2D eigenvalue weighted by Gasteiger charge is -2.12. The summed E-state index contributed by atoms with van der Waals surface area (Å²) >= 11 is 0. The minimum absolute atomic E-state index is 0.152. The van der Waals surface area contributed by atoms with Crippen LogP contribution in [-0.2, 0) is 0 Å². The molecule has 1 aromatic heterocycles.